The fraction of sp³-hybridized carbons (Fsp3) is 0.600. The number of anilines is 1. The lowest BCUT2D eigenvalue weighted by atomic mass is 10.2. The minimum Gasteiger partial charge on any atom is -0.347 e. The van der Waals surface area contributed by atoms with Crippen molar-refractivity contribution in [3.05, 3.63) is 29.2 Å². The van der Waals surface area contributed by atoms with Gasteiger partial charge in [0.25, 0.3) is 0 Å². The maximum absolute atomic E-state index is 4.55. The van der Waals surface area contributed by atoms with Gasteiger partial charge in [-0.3, -0.25) is 0 Å². The molecule has 4 rings (SSSR count). The second kappa shape index (κ2) is 4.79. The Morgan fingerprint density at radius 2 is 2.00 bits per heavy atom. The molecule has 0 unspecified atom stereocenters. The third kappa shape index (κ3) is 2.01. The molecule has 2 aromatic heterocycles. The zero-order valence-corrected chi connectivity index (χ0v) is 12.6. The van der Waals surface area contributed by atoms with E-state index in [9.17, 15) is 0 Å². The van der Waals surface area contributed by atoms with Crippen LogP contribution >= 0.6 is 0 Å². The van der Waals surface area contributed by atoms with Crippen molar-refractivity contribution in [3.63, 3.8) is 0 Å². The molecule has 110 valence electrons. The largest absolute Gasteiger partial charge is 0.347 e. The lowest BCUT2D eigenvalue weighted by molar-refractivity contribution is 0.528. The van der Waals surface area contributed by atoms with E-state index in [1.807, 2.05) is 0 Å². The highest BCUT2D eigenvalue weighted by molar-refractivity contribution is 5.50. The van der Waals surface area contributed by atoms with Crippen LogP contribution in [0.2, 0.25) is 0 Å². The van der Waals surface area contributed by atoms with Gasteiger partial charge in [0.05, 0.1) is 6.54 Å². The van der Waals surface area contributed by atoms with Gasteiger partial charge in [-0.05, 0) is 19.3 Å². The molecule has 2 aliphatic rings. The van der Waals surface area contributed by atoms with E-state index >= 15 is 0 Å². The lowest BCUT2D eigenvalue weighted by Crippen LogP contribution is -2.35. The van der Waals surface area contributed by atoms with E-state index < -0.39 is 0 Å². The summed E-state index contributed by atoms with van der Waals surface area (Å²) in [5.41, 5.74) is 2.57. The fourth-order valence-electron chi connectivity index (χ4n) is 3.40. The second-order valence-electron chi connectivity index (χ2n) is 6.18. The van der Waals surface area contributed by atoms with Gasteiger partial charge in [0, 0.05) is 30.3 Å². The van der Waals surface area contributed by atoms with E-state index in [0.29, 0.717) is 5.92 Å². The molecular formula is C15H20N6. The summed E-state index contributed by atoms with van der Waals surface area (Å²) >= 11 is 0. The van der Waals surface area contributed by atoms with Gasteiger partial charge in [0.1, 0.15) is 18.0 Å². The van der Waals surface area contributed by atoms with Crippen LogP contribution in [0.4, 0.5) is 5.82 Å². The predicted octanol–water partition coefficient (Wildman–Crippen LogP) is 1.70. The molecule has 6 heteroatoms. The highest BCUT2D eigenvalue weighted by atomic mass is 15.4. The SMILES string of the molecule is CC(C)c1nnc2n1CCN(c1ncnc3c1CCC3)C2. The summed E-state index contributed by atoms with van der Waals surface area (Å²) in [6.07, 6.45) is 5.10. The number of aryl methyl sites for hydroxylation is 1. The molecule has 0 atom stereocenters. The normalized spacial score (nSPS) is 17.2. The number of rotatable bonds is 2. The van der Waals surface area contributed by atoms with Crippen LogP contribution in [0.3, 0.4) is 0 Å². The molecule has 21 heavy (non-hydrogen) atoms. The predicted molar refractivity (Wildman–Crippen MR) is 79.2 cm³/mol. The van der Waals surface area contributed by atoms with Crippen LogP contribution in [-0.2, 0) is 25.9 Å². The fourth-order valence-corrected chi connectivity index (χ4v) is 3.40. The summed E-state index contributed by atoms with van der Waals surface area (Å²) < 4.78 is 2.27. The zero-order valence-electron chi connectivity index (χ0n) is 12.6. The molecule has 2 aromatic rings. The van der Waals surface area contributed by atoms with Gasteiger partial charge in [0.2, 0.25) is 0 Å². The van der Waals surface area contributed by atoms with Crippen molar-refractivity contribution in [1.29, 1.82) is 0 Å². The summed E-state index contributed by atoms with van der Waals surface area (Å²) in [7, 11) is 0. The van der Waals surface area contributed by atoms with Gasteiger partial charge in [-0.2, -0.15) is 0 Å². The lowest BCUT2D eigenvalue weighted by Gasteiger charge is -2.30. The maximum atomic E-state index is 4.55. The van der Waals surface area contributed by atoms with Crippen molar-refractivity contribution in [1.82, 2.24) is 24.7 Å². The molecule has 0 fully saturated rings. The highest BCUT2D eigenvalue weighted by Crippen LogP contribution is 2.30. The van der Waals surface area contributed by atoms with Crippen LogP contribution in [0.15, 0.2) is 6.33 Å². The second-order valence-corrected chi connectivity index (χ2v) is 6.18. The Balaban J connectivity index is 1.66. The Labute approximate surface area is 124 Å². The number of nitrogens with zero attached hydrogens (tertiary/aromatic N) is 6. The maximum Gasteiger partial charge on any atom is 0.152 e. The molecule has 0 bridgehead atoms. The third-order valence-electron chi connectivity index (χ3n) is 4.45. The van der Waals surface area contributed by atoms with Gasteiger partial charge in [-0.25, -0.2) is 9.97 Å². The molecule has 0 aromatic carbocycles. The summed E-state index contributed by atoms with van der Waals surface area (Å²) in [5.74, 6) is 3.67. The minimum absolute atomic E-state index is 0.418. The van der Waals surface area contributed by atoms with E-state index in [4.69, 9.17) is 0 Å². The molecule has 0 spiro atoms. The molecule has 6 nitrogen and oxygen atoms in total. The smallest absolute Gasteiger partial charge is 0.152 e. The number of fused-ring (bicyclic) bond motifs is 2. The van der Waals surface area contributed by atoms with Crippen molar-refractivity contribution in [2.45, 2.75) is 52.1 Å². The van der Waals surface area contributed by atoms with Crippen LogP contribution in [0.1, 0.15) is 49.1 Å². The van der Waals surface area contributed by atoms with Crippen molar-refractivity contribution < 1.29 is 0 Å². The topological polar surface area (TPSA) is 59.7 Å². The summed E-state index contributed by atoms with van der Waals surface area (Å²) in [4.78, 5) is 11.3. The molecule has 0 amide bonds. The van der Waals surface area contributed by atoms with Gasteiger partial charge in [0.15, 0.2) is 5.82 Å². The average molecular weight is 284 g/mol. The van der Waals surface area contributed by atoms with E-state index in [1.54, 1.807) is 6.33 Å². The Morgan fingerprint density at radius 1 is 1.10 bits per heavy atom. The van der Waals surface area contributed by atoms with Gasteiger partial charge in [-0.15, -0.1) is 10.2 Å². The van der Waals surface area contributed by atoms with Crippen molar-refractivity contribution in [2.24, 2.45) is 0 Å². The molecule has 3 heterocycles. The number of aromatic nitrogens is 5. The first-order chi connectivity index (χ1) is 10.2. The number of hydrogen-bond donors (Lipinski definition) is 0. The van der Waals surface area contributed by atoms with E-state index in [2.05, 4.69) is 43.5 Å². The van der Waals surface area contributed by atoms with Crippen molar-refractivity contribution in [3.8, 4) is 0 Å². The first kappa shape index (κ1) is 12.7. The average Bonchev–Trinajstić information content (AvgIpc) is 3.12. The summed E-state index contributed by atoms with van der Waals surface area (Å²) in [5, 5.41) is 8.73. The number of hydrogen-bond acceptors (Lipinski definition) is 5. The van der Waals surface area contributed by atoms with Crippen molar-refractivity contribution in [2.75, 3.05) is 11.4 Å². The van der Waals surface area contributed by atoms with Gasteiger partial charge >= 0.3 is 0 Å². The summed E-state index contributed by atoms with van der Waals surface area (Å²) in [6.45, 7) is 7.04. The quantitative estimate of drug-likeness (QED) is 0.840. The minimum atomic E-state index is 0.418. The molecule has 0 saturated carbocycles. The first-order valence-electron chi connectivity index (χ1n) is 7.73. The van der Waals surface area contributed by atoms with Crippen LogP contribution in [0.5, 0.6) is 0 Å². The Kier molecular flexibility index (Phi) is 2.90. The summed E-state index contributed by atoms with van der Waals surface area (Å²) in [6, 6.07) is 0. The highest BCUT2D eigenvalue weighted by Gasteiger charge is 2.26. The Bertz CT molecular complexity index is 675. The van der Waals surface area contributed by atoms with Crippen LogP contribution < -0.4 is 4.90 Å². The molecule has 1 aliphatic carbocycles. The Hall–Kier alpha value is -1.98. The van der Waals surface area contributed by atoms with Crippen LogP contribution in [0, 0.1) is 0 Å². The van der Waals surface area contributed by atoms with Crippen molar-refractivity contribution >= 4 is 5.82 Å². The first-order valence-corrected chi connectivity index (χ1v) is 7.73. The van der Waals surface area contributed by atoms with E-state index in [0.717, 1.165) is 49.9 Å². The van der Waals surface area contributed by atoms with Gasteiger partial charge < -0.3 is 9.47 Å². The molecule has 0 N–H and O–H groups in total. The monoisotopic (exact) mass is 284 g/mol. The van der Waals surface area contributed by atoms with Crippen LogP contribution in [-0.4, -0.2) is 31.3 Å². The van der Waals surface area contributed by atoms with Gasteiger partial charge in [-0.1, -0.05) is 13.8 Å². The standard InChI is InChI=1S/C15H20N6/c1-10(2)14-19-18-13-8-20(6-7-21(13)14)15-11-4-3-5-12(11)16-9-17-15/h9-10H,3-8H2,1-2H3. The molecule has 0 radical (unpaired) electrons. The van der Waals surface area contributed by atoms with E-state index in [-0.39, 0.29) is 0 Å². The molecule has 0 saturated heterocycles. The van der Waals surface area contributed by atoms with E-state index in [1.165, 1.54) is 17.7 Å². The Morgan fingerprint density at radius 3 is 2.86 bits per heavy atom. The van der Waals surface area contributed by atoms with Crippen LogP contribution in [0.25, 0.3) is 0 Å². The molecule has 1 aliphatic heterocycles. The third-order valence-corrected chi connectivity index (χ3v) is 4.45. The molecular weight excluding hydrogens is 264 g/mol. The zero-order chi connectivity index (χ0) is 14.4.